The molecule has 224 valence electrons. The van der Waals surface area contributed by atoms with E-state index >= 15 is 0 Å². The fourth-order valence-electron chi connectivity index (χ4n) is 6.61. The number of aromatic nitrogens is 1. The van der Waals surface area contributed by atoms with Crippen LogP contribution in [0.25, 0.3) is 22.4 Å². The van der Waals surface area contributed by atoms with Gasteiger partial charge in [-0.2, -0.15) is 4.90 Å². The van der Waals surface area contributed by atoms with Crippen molar-refractivity contribution < 1.29 is 34.4 Å². The first-order valence-corrected chi connectivity index (χ1v) is 14.5. The first-order chi connectivity index (χ1) is 20.7. The van der Waals surface area contributed by atoms with Gasteiger partial charge in [-0.25, -0.2) is 4.79 Å². The van der Waals surface area contributed by atoms with Crippen LogP contribution in [0.4, 0.5) is 4.79 Å². The van der Waals surface area contributed by atoms with Gasteiger partial charge in [0.2, 0.25) is 11.8 Å². The molecule has 3 N–H and O–H groups in total. The summed E-state index contributed by atoms with van der Waals surface area (Å²) >= 11 is 0. The Kier molecular flexibility index (Phi) is 8.75. The number of phenols is 1. The highest BCUT2D eigenvalue weighted by Gasteiger charge is 2.57. The Morgan fingerprint density at radius 1 is 1.07 bits per heavy atom. The Bertz CT molecular complexity index is 1610. The molecule has 1 aliphatic carbocycles. The van der Waals surface area contributed by atoms with E-state index in [9.17, 15) is 29.7 Å². The van der Waals surface area contributed by atoms with Crippen molar-refractivity contribution in [3.05, 3.63) is 83.2 Å². The third-order valence-electron chi connectivity index (χ3n) is 8.68. The maximum absolute atomic E-state index is 13.3. The molecule has 9 nitrogen and oxygen atoms in total. The van der Waals surface area contributed by atoms with Gasteiger partial charge in [0.1, 0.15) is 5.75 Å². The summed E-state index contributed by atoms with van der Waals surface area (Å²) in [6, 6.07) is 16.7. The summed E-state index contributed by atoms with van der Waals surface area (Å²) < 4.78 is 4.68. The number of amides is 3. The van der Waals surface area contributed by atoms with Crippen molar-refractivity contribution in [2.75, 3.05) is 13.7 Å². The zero-order valence-corrected chi connectivity index (χ0v) is 24.4. The number of likely N-dealkylation sites (tertiary alicyclic amines) is 1. The van der Waals surface area contributed by atoms with Crippen molar-refractivity contribution in [3.63, 3.8) is 0 Å². The summed E-state index contributed by atoms with van der Waals surface area (Å²) in [7, 11) is 1.11. The minimum Gasteiger partial charge on any atom is -0.507 e. The summed E-state index contributed by atoms with van der Waals surface area (Å²) in [5.41, 5.74) is 3.85. The summed E-state index contributed by atoms with van der Waals surface area (Å²) in [5.74, 6) is -3.80. The highest BCUT2D eigenvalue weighted by Crippen LogP contribution is 2.48. The van der Waals surface area contributed by atoms with Crippen LogP contribution >= 0.6 is 0 Å². The van der Waals surface area contributed by atoms with Gasteiger partial charge in [-0.1, -0.05) is 55.8 Å². The number of aliphatic hydroxyl groups excluding tert-OH is 2. The summed E-state index contributed by atoms with van der Waals surface area (Å²) in [6.07, 6.45) is 2.53. The number of phenolic OH excluding ortho intramolecular Hbond substituents is 1. The second kappa shape index (κ2) is 12.5. The second-order valence-electron chi connectivity index (χ2n) is 11.4. The molecular weight excluding hydrogens is 548 g/mol. The van der Waals surface area contributed by atoms with Crippen LogP contribution in [0, 0.1) is 23.7 Å². The Morgan fingerprint density at radius 3 is 2.44 bits per heavy atom. The summed E-state index contributed by atoms with van der Waals surface area (Å²) in [4.78, 5) is 43.8. The average Bonchev–Trinajstić information content (AvgIpc) is 3.28. The van der Waals surface area contributed by atoms with Gasteiger partial charge in [0.15, 0.2) is 0 Å². The van der Waals surface area contributed by atoms with E-state index in [1.807, 2.05) is 68.5 Å². The molecule has 2 aliphatic rings. The molecule has 1 aromatic heterocycles. The number of carbonyl (C=O) groups excluding carboxylic acids is 3. The molecule has 0 bridgehead atoms. The number of allylic oxidation sites excluding steroid dienone is 2. The second-order valence-corrected chi connectivity index (χ2v) is 11.4. The minimum absolute atomic E-state index is 0.0658. The third-order valence-corrected chi connectivity index (χ3v) is 8.68. The van der Waals surface area contributed by atoms with Crippen LogP contribution in [0.1, 0.15) is 44.4 Å². The molecule has 4 atom stereocenters. The van der Waals surface area contributed by atoms with Crippen molar-refractivity contribution in [3.8, 4) is 5.75 Å². The molecule has 0 radical (unpaired) electrons. The van der Waals surface area contributed by atoms with Crippen LogP contribution in [0.3, 0.4) is 0 Å². The number of ether oxygens (including phenoxy) is 1. The molecular formula is C34H36N2O7. The minimum atomic E-state index is -1.04. The topological polar surface area (TPSA) is 137 Å². The molecule has 0 spiro atoms. The van der Waals surface area contributed by atoms with Crippen molar-refractivity contribution in [2.45, 2.75) is 39.2 Å². The zero-order valence-electron chi connectivity index (χ0n) is 24.4. The molecule has 3 aromatic rings. The number of aliphatic hydroxyl groups is 2. The van der Waals surface area contributed by atoms with Crippen molar-refractivity contribution in [1.82, 2.24) is 9.88 Å². The van der Waals surface area contributed by atoms with E-state index < -0.39 is 48.4 Å². The lowest BCUT2D eigenvalue weighted by Crippen LogP contribution is -2.40. The van der Waals surface area contributed by atoms with E-state index in [0.29, 0.717) is 16.9 Å². The highest BCUT2D eigenvalue weighted by atomic mass is 16.5. The lowest BCUT2D eigenvalue weighted by Gasteiger charge is -2.38. The Morgan fingerprint density at radius 2 is 1.79 bits per heavy atom. The van der Waals surface area contributed by atoms with Gasteiger partial charge >= 0.3 is 6.09 Å². The molecule has 0 unspecified atom stereocenters. The average molecular weight is 585 g/mol. The zero-order chi connectivity index (χ0) is 30.8. The Labute approximate surface area is 250 Å². The number of aromatic hydroxyl groups is 1. The number of hydrogen-bond donors (Lipinski definition) is 3. The lowest BCUT2D eigenvalue weighted by atomic mass is 9.66. The summed E-state index contributed by atoms with van der Waals surface area (Å²) in [6.45, 7) is 3.44. The molecule has 9 heteroatoms. The molecule has 0 saturated carbocycles. The van der Waals surface area contributed by atoms with Crippen LogP contribution < -0.4 is 0 Å². The first kappa shape index (κ1) is 30.1. The first-order valence-electron chi connectivity index (χ1n) is 14.5. The monoisotopic (exact) mass is 584 g/mol. The smallest absolute Gasteiger partial charge is 0.423 e. The SMILES string of the molecule is COC(=O)N1C(=O)[C@@H]2[C@@H](CC(C(C)C)=C([C@H](O)CC/C(=C/c3ccc(O)c4ccccc34)c3ccccn3)[C@@H]2CO)C1=O. The fourth-order valence-corrected chi connectivity index (χ4v) is 6.61. The van der Waals surface area contributed by atoms with E-state index in [-0.39, 0.29) is 24.5 Å². The predicted molar refractivity (Wildman–Crippen MR) is 161 cm³/mol. The van der Waals surface area contributed by atoms with E-state index in [2.05, 4.69) is 9.72 Å². The molecule has 3 amide bonds. The van der Waals surface area contributed by atoms with Gasteiger partial charge in [0, 0.05) is 17.5 Å². The summed E-state index contributed by atoms with van der Waals surface area (Å²) in [5, 5.41) is 34.2. The molecule has 2 heterocycles. The number of nitrogens with zero attached hydrogens (tertiary/aromatic N) is 2. The molecule has 1 aliphatic heterocycles. The Balaban J connectivity index is 1.50. The normalized spacial score (nSPS) is 21.5. The number of hydrogen-bond acceptors (Lipinski definition) is 8. The van der Waals surface area contributed by atoms with Crippen molar-refractivity contribution in [1.29, 1.82) is 0 Å². The number of fused-ring (bicyclic) bond motifs is 2. The third kappa shape index (κ3) is 5.58. The van der Waals surface area contributed by atoms with Crippen LogP contribution in [0.15, 0.2) is 71.9 Å². The maximum Gasteiger partial charge on any atom is 0.423 e. The largest absolute Gasteiger partial charge is 0.507 e. The quantitative estimate of drug-likeness (QED) is 0.250. The van der Waals surface area contributed by atoms with Crippen molar-refractivity contribution in [2.24, 2.45) is 23.7 Å². The van der Waals surface area contributed by atoms with E-state index in [0.717, 1.165) is 40.3 Å². The van der Waals surface area contributed by atoms with Crippen molar-refractivity contribution >= 4 is 40.3 Å². The van der Waals surface area contributed by atoms with Crippen LogP contribution in [-0.4, -0.2) is 62.9 Å². The molecule has 5 rings (SSSR count). The van der Waals surface area contributed by atoms with E-state index in [1.165, 1.54) is 0 Å². The number of carbonyl (C=O) groups is 3. The number of rotatable bonds is 8. The van der Waals surface area contributed by atoms with Gasteiger partial charge in [-0.3, -0.25) is 14.6 Å². The van der Waals surface area contributed by atoms with Gasteiger partial charge in [-0.05, 0) is 71.6 Å². The van der Waals surface area contributed by atoms with Crippen LogP contribution in [0.2, 0.25) is 0 Å². The molecule has 1 fully saturated rings. The van der Waals surface area contributed by atoms with E-state index in [4.69, 9.17) is 0 Å². The maximum atomic E-state index is 13.3. The van der Waals surface area contributed by atoms with Gasteiger partial charge in [-0.15, -0.1) is 0 Å². The number of benzene rings is 2. The number of imide groups is 3. The Hall–Kier alpha value is -4.34. The van der Waals surface area contributed by atoms with Gasteiger partial charge < -0.3 is 20.1 Å². The van der Waals surface area contributed by atoms with Crippen LogP contribution in [-0.2, 0) is 14.3 Å². The van der Waals surface area contributed by atoms with E-state index in [1.54, 1.807) is 12.3 Å². The molecule has 1 saturated heterocycles. The fraction of sp³-hybridized carbons (Fsp3) is 0.353. The predicted octanol–water partition coefficient (Wildman–Crippen LogP) is 4.95. The molecule has 2 aromatic carbocycles. The standard InChI is InChI=1S/C34H36N2O7/c1-19(2)24-17-25-31(33(41)36(32(25)40)34(42)43-3)26(18-37)30(24)29(39)14-12-21(27-10-6-7-15-35-27)16-20-11-13-28(38)23-9-5-4-8-22(20)23/h4-11,13,15-16,19,25-26,29,31,37-39H,12,14,17-18H2,1-3H3/b21-16-/t25-,26+,29-,31-/m1/s1. The lowest BCUT2D eigenvalue weighted by molar-refractivity contribution is -0.137. The number of pyridine rings is 1. The highest BCUT2D eigenvalue weighted by molar-refractivity contribution is 6.16. The van der Waals surface area contributed by atoms with Gasteiger partial charge in [0.05, 0.1) is 37.4 Å². The van der Waals surface area contributed by atoms with Crippen LogP contribution in [0.5, 0.6) is 5.75 Å². The number of methoxy groups -OCH3 is 1. The van der Waals surface area contributed by atoms with Gasteiger partial charge in [0.25, 0.3) is 0 Å². The molecule has 43 heavy (non-hydrogen) atoms.